The van der Waals surface area contributed by atoms with E-state index >= 15 is 0 Å². The van der Waals surface area contributed by atoms with Gasteiger partial charge < -0.3 is 16.2 Å². The molecule has 0 aliphatic heterocycles. The highest BCUT2D eigenvalue weighted by Crippen LogP contribution is 2.04. The van der Waals surface area contributed by atoms with Gasteiger partial charge in [0.2, 0.25) is 5.91 Å². The van der Waals surface area contributed by atoms with E-state index in [1.807, 2.05) is 0 Å². The normalized spacial score (nSPS) is 9.00. The molecule has 0 radical (unpaired) electrons. The van der Waals surface area contributed by atoms with Crippen molar-refractivity contribution in [1.29, 1.82) is 0 Å². The van der Waals surface area contributed by atoms with Crippen LogP contribution in [-0.2, 0) is 4.79 Å². The lowest BCUT2D eigenvalue weighted by molar-refractivity contribution is -0.117. The lowest BCUT2D eigenvalue weighted by atomic mass is 10.1. The second-order valence-corrected chi connectivity index (χ2v) is 3.03. The third-order valence-corrected chi connectivity index (χ3v) is 1.79. The van der Waals surface area contributed by atoms with Crippen LogP contribution in [0.3, 0.4) is 0 Å². The molecule has 0 unspecified atom stereocenters. The van der Waals surface area contributed by atoms with Gasteiger partial charge in [0.1, 0.15) is 6.61 Å². The zero-order chi connectivity index (χ0) is 12.7. The van der Waals surface area contributed by atoms with E-state index in [0.29, 0.717) is 5.56 Å². The topological polar surface area (TPSA) is 105 Å². The van der Waals surface area contributed by atoms with Crippen LogP contribution in [0.1, 0.15) is 15.9 Å². The van der Waals surface area contributed by atoms with E-state index in [2.05, 4.69) is 22.1 Å². The number of amides is 2. The molecule has 0 aliphatic rings. The van der Waals surface area contributed by atoms with Crippen molar-refractivity contribution in [2.75, 3.05) is 13.2 Å². The number of carbonyl (C=O) groups is 2. The van der Waals surface area contributed by atoms with E-state index in [1.165, 1.54) is 18.5 Å². The Balaban J connectivity index is 2.89. The van der Waals surface area contributed by atoms with Gasteiger partial charge in [0, 0.05) is 12.4 Å². The van der Waals surface area contributed by atoms with Gasteiger partial charge in [-0.2, -0.15) is 0 Å². The van der Waals surface area contributed by atoms with E-state index in [0.717, 1.165) is 0 Å². The third kappa shape index (κ3) is 3.93. The van der Waals surface area contributed by atoms with Crippen LogP contribution < -0.4 is 11.1 Å². The van der Waals surface area contributed by atoms with Crippen molar-refractivity contribution in [3.63, 3.8) is 0 Å². The molecular formula is C11H11N3O3. The highest BCUT2D eigenvalue weighted by atomic mass is 16.2. The Bertz CT molecular complexity index is 488. The summed E-state index contributed by atoms with van der Waals surface area (Å²) in [7, 11) is 0. The van der Waals surface area contributed by atoms with E-state index in [1.54, 1.807) is 0 Å². The van der Waals surface area contributed by atoms with Gasteiger partial charge >= 0.3 is 0 Å². The van der Waals surface area contributed by atoms with Crippen LogP contribution in [0.5, 0.6) is 0 Å². The number of nitrogens with one attached hydrogen (secondary N) is 1. The number of carbonyl (C=O) groups excluding carboxylic acids is 2. The van der Waals surface area contributed by atoms with Crippen molar-refractivity contribution >= 4 is 11.8 Å². The van der Waals surface area contributed by atoms with E-state index < -0.39 is 11.8 Å². The van der Waals surface area contributed by atoms with Gasteiger partial charge in [-0.3, -0.25) is 14.6 Å². The largest absolute Gasteiger partial charge is 0.384 e. The van der Waals surface area contributed by atoms with Gasteiger partial charge in [-0.15, -0.1) is 0 Å². The number of nitrogens with zero attached hydrogens (tertiary/aromatic N) is 1. The molecule has 4 N–H and O–H groups in total. The molecule has 1 heterocycles. The molecule has 0 atom stereocenters. The van der Waals surface area contributed by atoms with Crippen molar-refractivity contribution in [2.24, 2.45) is 5.73 Å². The van der Waals surface area contributed by atoms with Crippen LogP contribution in [-0.4, -0.2) is 35.1 Å². The molecule has 6 nitrogen and oxygen atoms in total. The molecule has 0 aromatic carbocycles. The molecule has 1 aromatic heterocycles. The van der Waals surface area contributed by atoms with Crippen molar-refractivity contribution in [1.82, 2.24) is 10.3 Å². The highest BCUT2D eigenvalue weighted by molar-refractivity contribution is 5.98. The maximum absolute atomic E-state index is 11.7. The molecular weight excluding hydrogens is 222 g/mol. The van der Waals surface area contributed by atoms with Crippen LogP contribution in [0, 0.1) is 11.8 Å². The van der Waals surface area contributed by atoms with Gasteiger partial charge in [-0.1, -0.05) is 11.8 Å². The maximum atomic E-state index is 11.7. The lowest BCUT2D eigenvalue weighted by Crippen LogP contribution is -2.33. The minimum Gasteiger partial charge on any atom is -0.384 e. The Labute approximate surface area is 97.8 Å². The van der Waals surface area contributed by atoms with Crippen LogP contribution in [0.4, 0.5) is 0 Å². The van der Waals surface area contributed by atoms with Crippen molar-refractivity contribution in [3.8, 4) is 11.8 Å². The monoisotopic (exact) mass is 233 g/mol. The van der Waals surface area contributed by atoms with Crippen LogP contribution in [0.15, 0.2) is 18.5 Å². The first-order valence-electron chi connectivity index (χ1n) is 4.75. The smallest absolute Gasteiger partial charge is 0.253 e. The molecule has 0 saturated carbocycles. The van der Waals surface area contributed by atoms with Gasteiger partial charge in [0.25, 0.3) is 5.91 Å². The molecule has 17 heavy (non-hydrogen) atoms. The van der Waals surface area contributed by atoms with Crippen molar-refractivity contribution in [3.05, 3.63) is 29.6 Å². The first-order valence-corrected chi connectivity index (χ1v) is 4.75. The number of hydrogen-bond donors (Lipinski definition) is 3. The summed E-state index contributed by atoms with van der Waals surface area (Å²) < 4.78 is 0. The minimum absolute atomic E-state index is 0.242. The summed E-state index contributed by atoms with van der Waals surface area (Å²) in [5.74, 6) is 3.92. The van der Waals surface area contributed by atoms with Crippen LogP contribution in [0.2, 0.25) is 0 Å². The number of aliphatic hydroxyl groups excluding tert-OH is 1. The van der Waals surface area contributed by atoms with E-state index in [4.69, 9.17) is 10.8 Å². The molecule has 1 aromatic rings. The summed E-state index contributed by atoms with van der Waals surface area (Å²) in [5, 5.41) is 10.9. The average Bonchev–Trinajstić information content (AvgIpc) is 2.33. The molecule has 1 rings (SSSR count). The van der Waals surface area contributed by atoms with Crippen molar-refractivity contribution in [2.45, 2.75) is 0 Å². The molecule has 0 saturated heterocycles. The summed E-state index contributed by atoms with van der Waals surface area (Å²) in [5.41, 5.74) is 5.57. The number of hydrogen-bond acceptors (Lipinski definition) is 4. The van der Waals surface area contributed by atoms with E-state index in [9.17, 15) is 9.59 Å². The quantitative estimate of drug-likeness (QED) is 0.561. The number of primary amides is 1. The predicted molar refractivity (Wildman–Crippen MR) is 59.7 cm³/mol. The van der Waals surface area contributed by atoms with Gasteiger partial charge in [0.05, 0.1) is 17.7 Å². The second-order valence-electron chi connectivity index (χ2n) is 3.03. The number of pyridine rings is 1. The molecule has 0 bridgehead atoms. The number of rotatable bonds is 3. The molecule has 0 aliphatic carbocycles. The minimum atomic E-state index is -0.629. The number of aliphatic hydroxyl groups is 1. The van der Waals surface area contributed by atoms with Gasteiger partial charge in [0.15, 0.2) is 0 Å². The summed E-state index contributed by atoms with van der Waals surface area (Å²) >= 11 is 0. The van der Waals surface area contributed by atoms with Gasteiger partial charge in [-0.05, 0) is 6.07 Å². The summed E-state index contributed by atoms with van der Waals surface area (Å²) in [6.45, 7) is -0.550. The van der Waals surface area contributed by atoms with Gasteiger partial charge in [-0.25, -0.2) is 0 Å². The Hall–Kier alpha value is -2.39. The zero-order valence-electron chi connectivity index (χ0n) is 8.93. The Kier molecular flexibility index (Phi) is 4.66. The zero-order valence-corrected chi connectivity index (χ0v) is 8.93. The molecule has 0 spiro atoms. The fourth-order valence-electron chi connectivity index (χ4n) is 1.09. The van der Waals surface area contributed by atoms with Crippen molar-refractivity contribution < 1.29 is 14.7 Å². The lowest BCUT2D eigenvalue weighted by Gasteiger charge is -2.04. The molecule has 2 amide bonds. The molecule has 6 heteroatoms. The summed E-state index contributed by atoms with van der Waals surface area (Å²) in [6, 6.07) is 1.47. The first kappa shape index (κ1) is 12.7. The first-order chi connectivity index (χ1) is 8.15. The Morgan fingerprint density at radius 1 is 1.53 bits per heavy atom. The molecule has 88 valence electrons. The highest BCUT2D eigenvalue weighted by Gasteiger charge is 2.10. The second kappa shape index (κ2) is 6.25. The Morgan fingerprint density at radius 2 is 2.29 bits per heavy atom. The predicted octanol–water partition coefficient (Wildman–Crippen LogP) is -1.36. The van der Waals surface area contributed by atoms with E-state index in [-0.39, 0.29) is 18.7 Å². The molecule has 0 fully saturated rings. The SMILES string of the molecule is NC(=O)CNC(=O)c1ccncc1C#CCO. The number of aromatic nitrogens is 1. The fraction of sp³-hybridized carbons (Fsp3) is 0.182. The van der Waals surface area contributed by atoms with Crippen LogP contribution >= 0.6 is 0 Å². The van der Waals surface area contributed by atoms with Crippen LogP contribution in [0.25, 0.3) is 0 Å². The maximum Gasteiger partial charge on any atom is 0.253 e. The number of nitrogens with two attached hydrogens (primary N) is 1. The fourth-order valence-corrected chi connectivity index (χ4v) is 1.09. The third-order valence-electron chi connectivity index (χ3n) is 1.79. The standard InChI is InChI=1S/C11H11N3O3/c12-10(16)7-14-11(17)9-3-4-13-6-8(9)2-1-5-15/h3-4,6,15H,5,7H2,(H2,12,16)(H,14,17). The summed E-state index contributed by atoms with van der Waals surface area (Å²) in [4.78, 5) is 26.0. The summed E-state index contributed by atoms with van der Waals surface area (Å²) in [6.07, 6.45) is 2.84. The average molecular weight is 233 g/mol. The Morgan fingerprint density at radius 3 is 2.94 bits per heavy atom.